The van der Waals surface area contributed by atoms with Crippen LogP contribution < -0.4 is 0 Å². The topological polar surface area (TPSA) is 46.1 Å². The molecule has 0 spiro atoms. The van der Waals surface area contributed by atoms with Gasteiger partial charge < -0.3 is 0 Å². The van der Waals surface area contributed by atoms with Crippen molar-refractivity contribution in [2.24, 2.45) is 0 Å². The van der Waals surface area contributed by atoms with E-state index in [9.17, 15) is 13.6 Å². The number of hydrogen-bond donors (Lipinski definition) is 0. The lowest BCUT2D eigenvalue weighted by atomic mass is 10.00. The smallest absolute Gasteiger partial charge is 0.178 e. The van der Waals surface area contributed by atoms with Crippen LogP contribution in [-0.4, -0.2) is 46.1 Å². The molecule has 0 N–H and O–H groups in total. The third kappa shape index (κ3) is 4.07. The second-order valence-corrected chi connectivity index (χ2v) is 6.49. The third-order valence-corrected chi connectivity index (χ3v) is 4.50. The Hall–Kier alpha value is -2.21. The van der Waals surface area contributed by atoms with E-state index in [-0.39, 0.29) is 12.3 Å². The summed E-state index contributed by atoms with van der Waals surface area (Å²) in [5.41, 5.74) is 4.18. The highest BCUT2D eigenvalue weighted by atomic mass is 19.2. The summed E-state index contributed by atoms with van der Waals surface area (Å²) in [4.78, 5) is 22.0. The van der Waals surface area contributed by atoms with Gasteiger partial charge in [-0.15, -0.1) is 0 Å². The molecule has 1 aliphatic rings. The molecule has 0 saturated heterocycles. The van der Waals surface area contributed by atoms with Crippen LogP contribution in [0.25, 0.3) is 11.1 Å². The van der Waals surface area contributed by atoms with E-state index in [1.54, 1.807) is 18.5 Å². The van der Waals surface area contributed by atoms with Gasteiger partial charge in [-0.1, -0.05) is 0 Å². The van der Waals surface area contributed by atoms with E-state index < -0.39 is 12.3 Å². The Morgan fingerprint density at radius 3 is 2.80 bits per heavy atom. The first kappa shape index (κ1) is 17.6. The normalized spacial score (nSPS) is 17.0. The van der Waals surface area contributed by atoms with Gasteiger partial charge in [0.1, 0.15) is 18.0 Å². The molecular weight excluding hydrogens is 324 g/mol. The summed E-state index contributed by atoms with van der Waals surface area (Å²) in [7, 11) is 0. The van der Waals surface area contributed by atoms with Crippen molar-refractivity contribution in [1.29, 1.82) is 0 Å². The molecule has 132 valence electrons. The van der Waals surface area contributed by atoms with Crippen molar-refractivity contribution in [3.8, 4) is 11.1 Å². The predicted octanol–water partition coefficient (Wildman–Crippen LogP) is 3.40. The Morgan fingerprint density at radius 1 is 1.28 bits per heavy atom. The van der Waals surface area contributed by atoms with E-state index in [1.807, 2.05) is 17.0 Å². The Kier molecular flexibility index (Phi) is 5.18. The average molecular weight is 345 g/mol. The highest BCUT2D eigenvalue weighted by Crippen LogP contribution is 2.25. The minimum Gasteiger partial charge on any atom is -0.296 e. The number of carbonyl (C=O) groups is 1. The second-order valence-electron chi connectivity index (χ2n) is 6.49. The highest BCUT2D eigenvalue weighted by molar-refractivity contribution is 5.93. The zero-order valence-corrected chi connectivity index (χ0v) is 14.4. The SMILES string of the molecule is CC(=O)c1cc(-c2cnc3c(c2)CN(CC(F)C(C)F)CC3)ccn1. The number of ketones is 1. The van der Waals surface area contributed by atoms with E-state index in [1.165, 1.54) is 13.8 Å². The van der Waals surface area contributed by atoms with Crippen LogP contribution in [0.1, 0.15) is 35.6 Å². The van der Waals surface area contributed by atoms with Crippen LogP contribution in [0, 0.1) is 0 Å². The molecule has 4 nitrogen and oxygen atoms in total. The third-order valence-electron chi connectivity index (χ3n) is 4.50. The Morgan fingerprint density at radius 2 is 2.08 bits per heavy atom. The Balaban J connectivity index is 1.82. The van der Waals surface area contributed by atoms with Crippen molar-refractivity contribution in [3.63, 3.8) is 0 Å². The molecule has 2 aromatic rings. The minimum atomic E-state index is -1.48. The van der Waals surface area contributed by atoms with Crippen LogP contribution in [0.3, 0.4) is 0 Å². The fourth-order valence-electron chi connectivity index (χ4n) is 2.99. The molecule has 2 aromatic heterocycles. The van der Waals surface area contributed by atoms with Crippen LogP contribution >= 0.6 is 0 Å². The van der Waals surface area contributed by atoms with Crippen molar-refractivity contribution in [3.05, 3.63) is 47.5 Å². The van der Waals surface area contributed by atoms with E-state index >= 15 is 0 Å². The monoisotopic (exact) mass is 345 g/mol. The molecule has 6 heteroatoms. The van der Waals surface area contributed by atoms with Gasteiger partial charge in [0.15, 0.2) is 5.78 Å². The largest absolute Gasteiger partial charge is 0.296 e. The van der Waals surface area contributed by atoms with Crippen LogP contribution in [0.4, 0.5) is 8.78 Å². The molecule has 0 bridgehead atoms. The standard InChI is InChI=1S/C19H21F2N3O/c1-12(20)17(21)11-24-6-4-18-16(10-24)7-15(9-23-18)14-3-5-22-19(8-14)13(2)25/h3,5,7-9,12,17H,4,6,10-11H2,1-2H3. The lowest BCUT2D eigenvalue weighted by Gasteiger charge is -2.29. The van der Waals surface area contributed by atoms with Gasteiger partial charge in [-0.25, -0.2) is 8.78 Å². The second kappa shape index (κ2) is 7.35. The molecule has 0 aliphatic carbocycles. The van der Waals surface area contributed by atoms with Gasteiger partial charge in [0.05, 0.1) is 0 Å². The molecule has 2 unspecified atom stereocenters. The summed E-state index contributed by atoms with van der Waals surface area (Å²) in [6, 6.07) is 5.59. The number of fused-ring (bicyclic) bond motifs is 1. The fourth-order valence-corrected chi connectivity index (χ4v) is 2.99. The number of halogens is 2. The summed E-state index contributed by atoms with van der Waals surface area (Å²) in [5.74, 6) is -0.0896. The molecule has 25 heavy (non-hydrogen) atoms. The number of rotatable bonds is 5. The molecule has 3 rings (SSSR count). The summed E-state index contributed by atoms with van der Waals surface area (Å²) in [6.45, 7) is 4.04. The van der Waals surface area contributed by atoms with Gasteiger partial charge in [-0.05, 0) is 36.2 Å². The quantitative estimate of drug-likeness (QED) is 0.779. The molecule has 2 atom stereocenters. The van der Waals surface area contributed by atoms with Crippen molar-refractivity contribution < 1.29 is 13.6 Å². The van der Waals surface area contributed by atoms with Gasteiger partial charge >= 0.3 is 0 Å². The molecule has 0 radical (unpaired) electrons. The molecule has 0 saturated carbocycles. The highest BCUT2D eigenvalue weighted by Gasteiger charge is 2.23. The maximum absolute atomic E-state index is 13.7. The van der Waals surface area contributed by atoms with Crippen molar-refractivity contribution in [2.45, 2.75) is 39.2 Å². The summed E-state index contributed by atoms with van der Waals surface area (Å²) < 4.78 is 26.8. The van der Waals surface area contributed by atoms with Crippen LogP contribution in [0.15, 0.2) is 30.6 Å². The first-order valence-electron chi connectivity index (χ1n) is 8.39. The van der Waals surface area contributed by atoms with E-state index in [2.05, 4.69) is 9.97 Å². The first-order chi connectivity index (χ1) is 11.9. The van der Waals surface area contributed by atoms with E-state index in [4.69, 9.17) is 0 Å². The minimum absolute atomic E-state index is 0.0884. The average Bonchev–Trinajstić information content (AvgIpc) is 2.61. The number of nitrogens with zero attached hydrogens (tertiary/aromatic N) is 3. The molecule has 0 fully saturated rings. The molecular formula is C19H21F2N3O. The lowest BCUT2D eigenvalue weighted by molar-refractivity contribution is 0.101. The van der Waals surface area contributed by atoms with E-state index in [0.29, 0.717) is 18.8 Å². The van der Waals surface area contributed by atoms with E-state index in [0.717, 1.165) is 28.8 Å². The van der Waals surface area contributed by atoms with Crippen molar-refractivity contribution in [1.82, 2.24) is 14.9 Å². The van der Waals surface area contributed by atoms with Gasteiger partial charge in [-0.2, -0.15) is 0 Å². The number of carbonyl (C=O) groups excluding carboxylic acids is 1. The lowest BCUT2D eigenvalue weighted by Crippen LogP contribution is -2.38. The predicted molar refractivity (Wildman–Crippen MR) is 91.9 cm³/mol. The summed E-state index contributed by atoms with van der Waals surface area (Å²) >= 11 is 0. The van der Waals surface area contributed by atoms with Crippen LogP contribution in [-0.2, 0) is 13.0 Å². The number of alkyl halides is 2. The van der Waals surface area contributed by atoms with Gasteiger partial charge in [0, 0.05) is 56.6 Å². The molecule has 0 amide bonds. The van der Waals surface area contributed by atoms with Crippen LogP contribution in [0.5, 0.6) is 0 Å². The molecule has 1 aliphatic heterocycles. The maximum atomic E-state index is 13.7. The Labute approximate surface area is 145 Å². The molecule has 0 aromatic carbocycles. The zero-order chi connectivity index (χ0) is 18.0. The number of hydrogen-bond acceptors (Lipinski definition) is 4. The number of aromatic nitrogens is 2. The molecule has 3 heterocycles. The summed E-state index contributed by atoms with van der Waals surface area (Å²) in [6.07, 6.45) is 1.17. The van der Waals surface area contributed by atoms with Crippen molar-refractivity contribution in [2.75, 3.05) is 13.1 Å². The maximum Gasteiger partial charge on any atom is 0.178 e. The van der Waals surface area contributed by atoms with Crippen LogP contribution in [0.2, 0.25) is 0 Å². The van der Waals surface area contributed by atoms with Gasteiger partial charge in [-0.3, -0.25) is 19.7 Å². The first-order valence-corrected chi connectivity index (χ1v) is 8.39. The Bertz CT molecular complexity index is 779. The van der Waals surface area contributed by atoms with Gasteiger partial charge in [0.2, 0.25) is 0 Å². The van der Waals surface area contributed by atoms with Crippen molar-refractivity contribution >= 4 is 5.78 Å². The summed E-state index contributed by atoms with van der Waals surface area (Å²) in [5, 5.41) is 0. The number of pyridine rings is 2. The fraction of sp³-hybridized carbons (Fsp3) is 0.421. The number of Topliss-reactive ketones (excluding diaryl/α,β-unsaturated/α-hetero) is 1. The zero-order valence-electron chi connectivity index (χ0n) is 14.4. The van der Waals surface area contributed by atoms with Gasteiger partial charge in [0.25, 0.3) is 0 Å².